The first kappa shape index (κ1) is 13.3. The predicted octanol–water partition coefficient (Wildman–Crippen LogP) is 3.71. The van der Waals surface area contributed by atoms with Gasteiger partial charge in [0.15, 0.2) is 0 Å². The first-order valence-electron chi connectivity index (χ1n) is 5.26. The molecule has 0 saturated carbocycles. The van der Waals surface area contributed by atoms with Crippen LogP contribution in [-0.2, 0) is 5.75 Å². The summed E-state index contributed by atoms with van der Waals surface area (Å²) in [5, 5.41) is 2.98. The average molecular weight is 328 g/mol. The minimum Gasteiger partial charge on any atom is -0.372 e. The highest BCUT2D eigenvalue weighted by atomic mass is 79.9. The number of rotatable bonds is 4. The van der Waals surface area contributed by atoms with Crippen LogP contribution in [0.1, 0.15) is 5.82 Å². The molecule has 0 atom stereocenters. The molecule has 1 aromatic heterocycles. The van der Waals surface area contributed by atoms with E-state index in [1.54, 1.807) is 19.3 Å². The fraction of sp³-hybridized carbons (Fsp3) is 0.167. The molecule has 0 spiro atoms. The molecule has 0 aliphatic carbocycles. The summed E-state index contributed by atoms with van der Waals surface area (Å²) in [6.45, 7) is 0. The van der Waals surface area contributed by atoms with Crippen LogP contribution in [0.15, 0.2) is 39.8 Å². The van der Waals surface area contributed by atoms with Gasteiger partial charge < -0.3 is 5.32 Å². The SMILES string of the molecule is CNc1nc(CSc2cccc(F)c2)ncc1Br. The lowest BCUT2D eigenvalue weighted by molar-refractivity contribution is 0.624. The molecule has 0 bridgehead atoms. The normalized spacial score (nSPS) is 10.4. The summed E-state index contributed by atoms with van der Waals surface area (Å²) >= 11 is 4.86. The Hall–Kier alpha value is -1.14. The van der Waals surface area contributed by atoms with E-state index in [0.29, 0.717) is 11.6 Å². The number of hydrogen-bond acceptors (Lipinski definition) is 4. The first-order valence-corrected chi connectivity index (χ1v) is 7.04. The van der Waals surface area contributed by atoms with E-state index in [-0.39, 0.29) is 5.82 Å². The summed E-state index contributed by atoms with van der Waals surface area (Å²) in [5.74, 6) is 1.83. The molecular weight excluding hydrogens is 317 g/mol. The maximum Gasteiger partial charge on any atom is 0.143 e. The van der Waals surface area contributed by atoms with Crippen molar-refractivity contribution in [2.45, 2.75) is 10.6 Å². The summed E-state index contributed by atoms with van der Waals surface area (Å²) in [7, 11) is 1.80. The van der Waals surface area contributed by atoms with Crippen molar-refractivity contribution in [3.8, 4) is 0 Å². The molecule has 0 saturated heterocycles. The smallest absolute Gasteiger partial charge is 0.143 e. The average Bonchev–Trinajstić information content (AvgIpc) is 2.38. The second-order valence-corrected chi connectivity index (χ2v) is 5.38. The van der Waals surface area contributed by atoms with Crippen LogP contribution in [0.5, 0.6) is 0 Å². The second-order valence-electron chi connectivity index (χ2n) is 3.48. The van der Waals surface area contributed by atoms with E-state index in [4.69, 9.17) is 0 Å². The van der Waals surface area contributed by atoms with Crippen molar-refractivity contribution in [2.75, 3.05) is 12.4 Å². The van der Waals surface area contributed by atoms with Crippen LogP contribution < -0.4 is 5.32 Å². The Bertz CT molecular complexity index is 551. The van der Waals surface area contributed by atoms with Crippen molar-refractivity contribution >= 4 is 33.5 Å². The monoisotopic (exact) mass is 327 g/mol. The molecule has 94 valence electrons. The lowest BCUT2D eigenvalue weighted by Crippen LogP contribution is -1.99. The van der Waals surface area contributed by atoms with Crippen molar-refractivity contribution < 1.29 is 4.39 Å². The van der Waals surface area contributed by atoms with Crippen LogP contribution >= 0.6 is 27.7 Å². The largest absolute Gasteiger partial charge is 0.372 e. The number of nitrogens with zero attached hydrogens (tertiary/aromatic N) is 2. The zero-order valence-electron chi connectivity index (χ0n) is 9.65. The number of anilines is 1. The molecule has 3 nitrogen and oxygen atoms in total. The van der Waals surface area contributed by atoms with Gasteiger partial charge in [0.2, 0.25) is 0 Å². The minimum absolute atomic E-state index is 0.229. The zero-order chi connectivity index (χ0) is 13.0. The third-order valence-electron chi connectivity index (χ3n) is 2.19. The molecule has 2 rings (SSSR count). The molecule has 18 heavy (non-hydrogen) atoms. The summed E-state index contributed by atoms with van der Waals surface area (Å²) in [6.07, 6.45) is 1.71. The first-order chi connectivity index (χ1) is 8.69. The van der Waals surface area contributed by atoms with Gasteiger partial charge in [0.05, 0.1) is 10.2 Å². The molecule has 1 aromatic carbocycles. The van der Waals surface area contributed by atoms with Crippen LogP contribution in [0.4, 0.5) is 10.2 Å². The highest BCUT2D eigenvalue weighted by Gasteiger charge is 2.04. The summed E-state index contributed by atoms with van der Waals surface area (Å²) in [5.41, 5.74) is 0. The van der Waals surface area contributed by atoms with Crippen molar-refractivity contribution in [3.63, 3.8) is 0 Å². The Labute approximate surface area is 117 Å². The van der Waals surface area contributed by atoms with Crippen LogP contribution in [0.3, 0.4) is 0 Å². The molecule has 6 heteroatoms. The van der Waals surface area contributed by atoms with Gasteiger partial charge >= 0.3 is 0 Å². The fourth-order valence-corrected chi connectivity index (χ4v) is 2.55. The van der Waals surface area contributed by atoms with E-state index in [2.05, 4.69) is 31.2 Å². The summed E-state index contributed by atoms with van der Waals surface area (Å²) in [4.78, 5) is 9.42. The van der Waals surface area contributed by atoms with E-state index in [0.717, 1.165) is 15.2 Å². The summed E-state index contributed by atoms with van der Waals surface area (Å²) in [6, 6.07) is 6.49. The van der Waals surface area contributed by atoms with Crippen LogP contribution in [0, 0.1) is 5.82 Å². The lowest BCUT2D eigenvalue weighted by Gasteiger charge is -2.05. The van der Waals surface area contributed by atoms with Gasteiger partial charge in [0.1, 0.15) is 17.5 Å². The Kier molecular flexibility index (Phi) is 4.54. The predicted molar refractivity (Wildman–Crippen MR) is 75.2 cm³/mol. The number of thioether (sulfide) groups is 1. The molecule has 1 N–H and O–H groups in total. The van der Waals surface area contributed by atoms with Gasteiger partial charge in [0.25, 0.3) is 0 Å². The highest BCUT2D eigenvalue weighted by Crippen LogP contribution is 2.24. The highest BCUT2D eigenvalue weighted by molar-refractivity contribution is 9.10. The van der Waals surface area contributed by atoms with Gasteiger partial charge in [-0.05, 0) is 34.1 Å². The Balaban J connectivity index is 2.06. The standard InChI is InChI=1S/C12H11BrFN3S/c1-15-12-10(13)6-16-11(17-12)7-18-9-4-2-3-8(14)5-9/h2-6H,7H2,1H3,(H,15,16,17). The topological polar surface area (TPSA) is 37.8 Å². The van der Waals surface area contributed by atoms with Gasteiger partial charge in [-0.3, -0.25) is 0 Å². The molecule has 1 heterocycles. The molecule has 0 aliphatic rings. The molecule has 0 unspecified atom stereocenters. The van der Waals surface area contributed by atoms with E-state index in [1.807, 2.05) is 6.07 Å². The van der Waals surface area contributed by atoms with Gasteiger partial charge in [-0.1, -0.05) is 6.07 Å². The number of nitrogens with one attached hydrogen (secondary N) is 1. The van der Waals surface area contributed by atoms with Crippen LogP contribution in [0.25, 0.3) is 0 Å². The summed E-state index contributed by atoms with van der Waals surface area (Å²) < 4.78 is 13.8. The van der Waals surface area contributed by atoms with Crippen molar-refractivity contribution in [3.05, 3.63) is 46.6 Å². The fourth-order valence-electron chi connectivity index (χ4n) is 1.35. The number of benzene rings is 1. The van der Waals surface area contributed by atoms with Gasteiger partial charge in [0, 0.05) is 18.1 Å². The number of hydrogen-bond donors (Lipinski definition) is 1. The maximum atomic E-state index is 13.0. The van der Waals surface area contributed by atoms with Gasteiger partial charge in [-0.25, -0.2) is 14.4 Å². The van der Waals surface area contributed by atoms with Gasteiger partial charge in [-0.15, -0.1) is 11.8 Å². The van der Waals surface area contributed by atoms with Crippen molar-refractivity contribution in [1.82, 2.24) is 9.97 Å². The molecule has 0 fully saturated rings. The zero-order valence-corrected chi connectivity index (χ0v) is 12.1. The van der Waals surface area contributed by atoms with E-state index in [1.165, 1.54) is 23.9 Å². The van der Waals surface area contributed by atoms with E-state index < -0.39 is 0 Å². The molecule has 0 amide bonds. The van der Waals surface area contributed by atoms with Gasteiger partial charge in [-0.2, -0.15) is 0 Å². The quantitative estimate of drug-likeness (QED) is 0.868. The van der Waals surface area contributed by atoms with Crippen molar-refractivity contribution in [1.29, 1.82) is 0 Å². The number of halogens is 2. The van der Waals surface area contributed by atoms with Crippen LogP contribution in [0.2, 0.25) is 0 Å². The van der Waals surface area contributed by atoms with Crippen molar-refractivity contribution in [2.24, 2.45) is 0 Å². The molecular formula is C12H11BrFN3S. The Morgan fingerprint density at radius 3 is 3.00 bits per heavy atom. The van der Waals surface area contributed by atoms with Crippen LogP contribution in [-0.4, -0.2) is 17.0 Å². The Morgan fingerprint density at radius 1 is 1.44 bits per heavy atom. The number of aromatic nitrogens is 2. The Morgan fingerprint density at radius 2 is 2.28 bits per heavy atom. The minimum atomic E-state index is -0.229. The maximum absolute atomic E-state index is 13.0. The lowest BCUT2D eigenvalue weighted by atomic mass is 10.4. The second kappa shape index (κ2) is 6.15. The van der Waals surface area contributed by atoms with E-state index in [9.17, 15) is 4.39 Å². The third kappa shape index (κ3) is 3.43. The molecule has 2 aromatic rings. The molecule has 0 aliphatic heterocycles. The molecule has 0 radical (unpaired) electrons. The third-order valence-corrected chi connectivity index (χ3v) is 3.76. The van der Waals surface area contributed by atoms with E-state index >= 15 is 0 Å².